The van der Waals surface area contributed by atoms with Crippen LogP contribution in [0.15, 0.2) is 78.9 Å². The average Bonchev–Trinajstić information content (AvgIpc) is 2.82. The van der Waals surface area contributed by atoms with Gasteiger partial charge in [-0.05, 0) is 42.7 Å². The summed E-state index contributed by atoms with van der Waals surface area (Å²) < 4.78 is 5.76. The monoisotopic (exact) mass is 430 g/mol. The predicted molar refractivity (Wildman–Crippen MR) is 126 cm³/mol. The number of rotatable bonds is 9. The van der Waals surface area contributed by atoms with Crippen LogP contribution in [0.5, 0.6) is 5.75 Å². The largest absolute Gasteiger partial charge is 0.484 e. The summed E-state index contributed by atoms with van der Waals surface area (Å²) in [6, 6.07) is 24.5. The SMILES string of the molecule is CNC(=O)C(Cc1ccccc1)N(Cc1ccccc1C)C(=O)COc1ccc(C)cc1. The van der Waals surface area contributed by atoms with Crippen LogP contribution in [0.25, 0.3) is 0 Å². The molecule has 0 aliphatic carbocycles. The van der Waals surface area contributed by atoms with E-state index >= 15 is 0 Å². The molecule has 0 aliphatic heterocycles. The standard InChI is InChI=1S/C27H30N2O3/c1-20-13-15-24(16-14-20)32-19-26(30)29(18-23-12-8-7-9-21(23)2)25(27(31)28-3)17-22-10-5-4-6-11-22/h4-16,25H,17-19H2,1-3H3,(H,28,31). The van der Waals surface area contributed by atoms with Crippen molar-refractivity contribution in [3.8, 4) is 5.75 Å². The van der Waals surface area contributed by atoms with E-state index in [2.05, 4.69) is 5.32 Å². The van der Waals surface area contributed by atoms with Crippen molar-refractivity contribution in [2.24, 2.45) is 0 Å². The first-order valence-corrected chi connectivity index (χ1v) is 10.8. The molecule has 0 spiro atoms. The number of hydrogen-bond acceptors (Lipinski definition) is 3. The van der Waals surface area contributed by atoms with E-state index < -0.39 is 6.04 Å². The van der Waals surface area contributed by atoms with E-state index in [0.29, 0.717) is 18.7 Å². The van der Waals surface area contributed by atoms with Crippen LogP contribution in [-0.2, 0) is 22.6 Å². The lowest BCUT2D eigenvalue weighted by Gasteiger charge is -2.31. The molecule has 1 atom stereocenters. The minimum absolute atomic E-state index is 0.142. The van der Waals surface area contributed by atoms with Crippen molar-refractivity contribution in [2.45, 2.75) is 32.9 Å². The Balaban J connectivity index is 1.87. The van der Waals surface area contributed by atoms with Gasteiger partial charge in [-0.2, -0.15) is 0 Å². The van der Waals surface area contributed by atoms with Gasteiger partial charge in [-0.25, -0.2) is 0 Å². The molecule has 1 unspecified atom stereocenters. The summed E-state index contributed by atoms with van der Waals surface area (Å²) in [6.07, 6.45) is 0.419. The summed E-state index contributed by atoms with van der Waals surface area (Å²) in [7, 11) is 1.60. The second kappa shape index (κ2) is 11.1. The van der Waals surface area contributed by atoms with Gasteiger partial charge < -0.3 is 15.0 Å². The molecule has 0 fully saturated rings. The number of carbonyl (C=O) groups excluding carboxylic acids is 2. The highest BCUT2D eigenvalue weighted by Crippen LogP contribution is 2.18. The normalized spacial score (nSPS) is 11.5. The molecule has 0 radical (unpaired) electrons. The Kier molecular flexibility index (Phi) is 8.03. The molecule has 32 heavy (non-hydrogen) atoms. The first-order chi connectivity index (χ1) is 15.5. The number of benzene rings is 3. The van der Waals surface area contributed by atoms with Crippen LogP contribution >= 0.6 is 0 Å². The van der Waals surface area contributed by atoms with Gasteiger partial charge in [0, 0.05) is 20.0 Å². The smallest absolute Gasteiger partial charge is 0.261 e. The van der Waals surface area contributed by atoms with Gasteiger partial charge in [0.1, 0.15) is 11.8 Å². The number of likely N-dealkylation sites (N-methyl/N-ethyl adjacent to an activating group) is 1. The summed E-state index contributed by atoms with van der Waals surface area (Å²) in [5.41, 5.74) is 4.17. The molecule has 5 nitrogen and oxygen atoms in total. The van der Waals surface area contributed by atoms with Crippen LogP contribution in [0, 0.1) is 13.8 Å². The number of amides is 2. The Morgan fingerprint density at radius 2 is 1.56 bits per heavy atom. The van der Waals surface area contributed by atoms with E-state index in [0.717, 1.165) is 22.3 Å². The summed E-state index contributed by atoms with van der Waals surface area (Å²) >= 11 is 0. The van der Waals surface area contributed by atoms with Gasteiger partial charge in [0.05, 0.1) is 0 Å². The number of hydrogen-bond donors (Lipinski definition) is 1. The van der Waals surface area contributed by atoms with Crippen molar-refractivity contribution in [2.75, 3.05) is 13.7 Å². The maximum absolute atomic E-state index is 13.4. The molecular weight excluding hydrogens is 400 g/mol. The zero-order valence-corrected chi connectivity index (χ0v) is 18.9. The van der Waals surface area contributed by atoms with Gasteiger partial charge in [0.15, 0.2) is 6.61 Å². The highest BCUT2D eigenvalue weighted by molar-refractivity contribution is 5.88. The second-order valence-corrected chi connectivity index (χ2v) is 7.87. The molecule has 5 heteroatoms. The lowest BCUT2D eigenvalue weighted by molar-refractivity contribution is -0.142. The van der Waals surface area contributed by atoms with Crippen LogP contribution < -0.4 is 10.1 Å². The van der Waals surface area contributed by atoms with Gasteiger partial charge >= 0.3 is 0 Å². The minimum Gasteiger partial charge on any atom is -0.484 e. The molecule has 166 valence electrons. The van der Waals surface area contributed by atoms with Gasteiger partial charge in [-0.1, -0.05) is 72.3 Å². The summed E-state index contributed by atoms with van der Waals surface area (Å²) in [4.78, 5) is 27.9. The van der Waals surface area contributed by atoms with E-state index in [1.54, 1.807) is 11.9 Å². The zero-order chi connectivity index (χ0) is 22.9. The fraction of sp³-hybridized carbons (Fsp3) is 0.259. The van der Waals surface area contributed by atoms with Crippen LogP contribution in [0.3, 0.4) is 0 Å². The minimum atomic E-state index is -0.656. The van der Waals surface area contributed by atoms with Crippen LogP contribution in [-0.4, -0.2) is 36.4 Å². The fourth-order valence-corrected chi connectivity index (χ4v) is 3.55. The molecule has 0 aliphatic rings. The number of nitrogens with zero attached hydrogens (tertiary/aromatic N) is 1. The van der Waals surface area contributed by atoms with E-state index in [9.17, 15) is 9.59 Å². The molecule has 0 saturated heterocycles. The second-order valence-electron chi connectivity index (χ2n) is 7.87. The van der Waals surface area contributed by atoms with Gasteiger partial charge in [0.2, 0.25) is 5.91 Å². The quantitative estimate of drug-likeness (QED) is 0.557. The molecule has 0 saturated carbocycles. The third-order valence-electron chi connectivity index (χ3n) is 5.50. The topological polar surface area (TPSA) is 58.6 Å². The van der Waals surface area contributed by atoms with Crippen molar-refractivity contribution >= 4 is 11.8 Å². The van der Waals surface area contributed by atoms with E-state index in [4.69, 9.17) is 4.74 Å². The Hall–Kier alpha value is -3.60. The Morgan fingerprint density at radius 1 is 0.906 bits per heavy atom. The van der Waals surface area contributed by atoms with E-state index in [1.165, 1.54) is 0 Å². The van der Waals surface area contributed by atoms with Gasteiger partial charge in [-0.15, -0.1) is 0 Å². The third kappa shape index (κ3) is 6.20. The lowest BCUT2D eigenvalue weighted by Crippen LogP contribution is -2.51. The first-order valence-electron chi connectivity index (χ1n) is 10.8. The van der Waals surface area contributed by atoms with Gasteiger partial charge in [0.25, 0.3) is 5.91 Å². The highest BCUT2D eigenvalue weighted by atomic mass is 16.5. The average molecular weight is 431 g/mol. The summed E-state index contributed by atoms with van der Waals surface area (Å²) in [5, 5.41) is 2.73. The van der Waals surface area contributed by atoms with Crippen LogP contribution in [0.1, 0.15) is 22.3 Å². The molecule has 0 bridgehead atoms. The molecule has 2 amide bonds. The predicted octanol–water partition coefficient (Wildman–Crippen LogP) is 4.07. The van der Waals surface area contributed by atoms with Crippen LogP contribution in [0.4, 0.5) is 0 Å². The van der Waals surface area contributed by atoms with Crippen molar-refractivity contribution in [3.63, 3.8) is 0 Å². The van der Waals surface area contributed by atoms with Crippen molar-refractivity contribution in [1.82, 2.24) is 10.2 Å². The number of nitrogens with one attached hydrogen (secondary N) is 1. The van der Waals surface area contributed by atoms with Crippen molar-refractivity contribution < 1.29 is 14.3 Å². The first kappa shape index (κ1) is 23.1. The fourth-order valence-electron chi connectivity index (χ4n) is 3.55. The molecule has 0 aromatic heterocycles. The maximum atomic E-state index is 13.4. The maximum Gasteiger partial charge on any atom is 0.261 e. The van der Waals surface area contributed by atoms with Crippen molar-refractivity contribution in [3.05, 3.63) is 101 Å². The lowest BCUT2D eigenvalue weighted by atomic mass is 10.0. The van der Waals surface area contributed by atoms with E-state index in [1.807, 2.05) is 92.7 Å². The molecular formula is C27H30N2O3. The molecule has 0 heterocycles. The molecule has 3 aromatic carbocycles. The number of carbonyl (C=O) groups is 2. The number of aryl methyl sites for hydroxylation is 2. The Morgan fingerprint density at radius 3 is 2.22 bits per heavy atom. The Labute approximate surface area is 190 Å². The summed E-state index contributed by atoms with van der Waals surface area (Å²) in [5.74, 6) is 0.184. The van der Waals surface area contributed by atoms with Gasteiger partial charge in [-0.3, -0.25) is 9.59 Å². The third-order valence-corrected chi connectivity index (χ3v) is 5.50. The summed E-state index contributed by atoms with van der Waals surface area (Å²) in [6.45, 7) is 4.19. The number of ether oxygens (including phenoxy) is 1. The molecule has 3 aromatic rings. The zero-order valence-electron chi connectivity index (χ0n) is 18.9. The van der Waals surface area contributed by atoms with E-state index in [-0.39, 0.29) is 18.4 Å². The van der Waals surface area contributed by atoms with Crippen LogP contribution in [0.2, 0.25) is 0 Å². The van der Waals surface area contributed by atoms with Crippen molar-refractivity contribution in [1.29, 1.82) is 0 Å². The highest BCUT2D eigenvalue weighted by Gasteiger charge is 2.30. The Bertz CT molecular complexity index is 1030. The molecule has 1 N–H and O–H groups in total. The molecule has 3 rings (SSSR count).